The normalized spacial score (nSPS) is 18.5. The first-order valence-corrected chi connectivity index (χ1v) is 9.25. The Hall–Kier alpha value is -3.19. The average molecular weight is 380 g/mol. The molecule has 2 aromatic rings. The van der Waals surface area contributed by atoms with Gasteiger partial charge in [0.2, 0.25) is 11.8 Å². The number of hydrogen-bond donors (Lipinski definition) is 3. The minimum absolute atomic E-state index is 0.179. The van der Waals surface area contributed by atoms with E-state index in [2.05, 4.69) is 10.6 Å². The highest BCUT2D eigenvalue weighted by atomic mass is 16.2. The Labute approximate surface area is 163 Å². The van der Waals surface area contributed by atoms with E-state index in [1.165, 1.54) is 4.90 Å². The zero-order valence-electron chi connectivity index (χ0n) is 15.5. The highest BCUT2D eigenvalue weighted by molar-refractivity contribution is 5.95. The molecule has 0 aliphatic carbocycles. The standard InChI is InChI=1S/C21H24N4O3/c22-12-19(26)25-14-17(24-20(27)16-9-5-2-6-10-16)11-18(25)21(28)23-13-15-7-3-1-4-8-15/h1-10,17-18H,11-14,22H2,(H,23,28)(H,24,27)/t17-,18+/m1/s1. The molecule has 1 fully saturated rings. The second-order valence-electron chi connectivity index (χ2n) is 6.74. The molecular formula is C21H24N4O3. The van der Waals surface area contributed by atoms with Gasteiger partial charge in [-0.15, -0.1) is 0 Å². The van der Waals surface area contributed by atoms with Gasteiger partial charge >= 0.3 is 0 Å². The minimum Gasteiger partial charge on any atom is -0.350 e. The van der Waals surface area contributed by atoms with E-state index in [0.29, 0.717) is 18.5 Å². The Balaban J connectivity index is 1.64. The SMILES string of the molecule is NCC(=O)N1C[C@H](NC(=O)c2ccccc2)C[C@H]1C(=O)NCc1ccccc1. The molecule has 1 aliphatic rings. The zero-order valence-corrected chi connectivity index (χ0v) is 15.5. The molecular weight excluding hydrogens is 356 g/mol. The van der Waals surface area contributed by atoms with Gasteiger partial charge in [-0.25, -0.2) is 0 Å². The van der Waals surface area contributed by atoms with Crippen molar-refractivity contribution in [1.29, 1.82) is 0 Å². The average Bonchev–Trinajstić information content (AvgIpc) is 3.16. The van der Waals surface area contributed by atoms with Crippen molar-refractivity contribution >= 4 is 17.7 Å². The largest absolute Gasteiger partial charge is 0.350 e. The molecule has 3 amide bonds. The van der Waals surface area contributed by atoms with E-state index < -0.39 is 6.04 Å². The maximum absolute atomic E-state index is 12.7. The minimum atomic E-state index is -0.652. The van der Waals surface area contributed by atoms with Gasteiger partial charge in [0.15, 0.2) is 0 Å². The van der Waals surface area contributed by atoms with Crippen molar-refractivity contribution < 1.29 is 14.4 Å². The summed E-state index contributed by atoms with van der Waals surface area (Å²) < 4.78 is 0. The molecule has 0 bridgehead atoms. The van der Waals surface area contributed by atoms with Crippen molar-refractivity contribution in [3.8, 4) is 0 Å². The van der Waals surface area contributed by atoms with E-state index >= 15 is 0 Å². The number of nitrogens with two attached hydrogens (primary N) is 1. The van der Waals surface area contributed by atoms with Crippen molar-refractivity contribution in [2.24, 2.45) is 5.73 Å². The fourth-order valence-electron chi connectivity index (χ4n) is 3.34. The van der Waals surface area contributed by atoms with Crippen LogP contribution in [0.5, 0.6) is 0 Å². The number of rotatable bonds is 6. The second kappa shape index (κ2) is 9.14. The van der Waals surface area contributed by atoms with Crippen LogP contribution in [0.4, 0.5) is 0 Å². The van der Waals surface area contributed by atoms with Crippen LogP contribution in [0.25, 0.3) is 0 Å². The lowest BCUT2D eigenvalue weighted by Gasteiger charge is -2.23. The van der Waals surface area contributed by atoms with Crippen LogP contribution in [0.15, 0.2) is 60.7 Å². The number of nitrogens with one attached hydrogen (secondary N) is 2. The summed E-state index contributed by atoms with van der Waals surface area (Å²) in [6.45, 7) is 0.460. The number of amides is 3. The molecule has 2 atom stereocenters. The number of carbonyl (C=O) groups excluding carboxylic acids is 3. The number of carbonyl (C=O) groups is 3. The molecule has 0 aromatic heterocycles. The van der Waals surface area contributed by atoms with Gasteiger partial charge in [-0.05, 0) is 24.1 Å². The Bertz CT molecular complexity index is 826. The summed E-state index contributed by atoms with van der Waals surface area (Å²) >= 11 is 0. The first-order valence-electron chi connectivity index (χ1n) is 9.25. The van der Waals surface area contributed by atoms with Crippen molar-refractivity contribution in [2.45, 2.75) is 25.0 Å². The maximum atomic E-state index is 12.7. The van der Waals surface area contributed by atoms with Crippen LogP contribution in [0.1, 0.15) is 22.3 Å². The van der Waals surface area contributed by atoms with Crippen LogP contribution in [0, 0.1) is 0 Å². The van der Waals surface area contributed by atoms with Gasteiger partial charge in [0, 0.05) is 24.7 Å². The van der Waals surface area contributed by atoms with Crippen molar-refractivity contribution in [1.82, 2.24) is 15.5 Å². The monoisotopic (exact) mass is 380 g/mol. The molecule has 1 aliphatic heterocycles. The van der Waals surface area contributed by atoms with Gasteiger partial charge in [0.1, 0.15) is 6.04 Å². The first-order chi connectivity index (χ1) is 13.6. The van der Waals surface area contributed by atoms with Crippen molar-refractivity contribution in [2.75, 3.05) is 13.1 Å². The molecule has 1 heterocycles. The molecule has 1 saturated heterocycles. The smallest absolute Gasteiger partial charge is 0.251 e. The molecule has 0 saturated carbocycles. The van der Waals surface area contributed by atoms with E-state index in [9.17, 15) is 14.4 Å². The Morgan fingerprint density at radius 3 is 2.29 bits per heavy atom. The molecule has 0 spiro atoms. The van der Waals surface area contributed by atoms with E-state index in [-0.39, 0.29) is 36.9 Å². The summed E-state index contributed by atoms with van der Waals surface area (Å²) in [6.07, 6.45) is 0.352. The van der Waals surface area contributed by atoms with Gasteiger partial charge in [-0.2, -0.15) is 0 Å². The number of nitrogens with zero attached hydrogens (tertiary/aromatic N) is 1. The van der Waals surface area contributed by atoms with Gasteiger partial charge in [-0.1, -0.05) is 48.5 Å². The van der Waals surface area contributed by atoms with Gasteiger partial charge in [-0.3, -0.25) is 14.4 Å². The summed E-state index contributed by atoms with van der Waals surface area (Å²) in [7, 11) is 0. The predicted molar refractivity (Wildman–Crippen MR) is 105 cm³/mol. The predicted octanol–water partition coefficient (Wildman–Crippen LogP) is 0.661. The first kappa shape index (κ1) is 19.6. The van der Waals surface area contributed by atoms with Crippen LogP contribution in [0.3, 0.4) is 0 Å². The molecule has 0 radical (unpaired) electrons. The molecule has 28 heavy (non-hydrogen) atoms. The third kappa shape index (κ3) is 4.75. The van der Waals surface area contributed by atoms with Gasteiger partial charge in [0.05, 0.1) is 6.54 Å². The fourth-order valence-corrected chi connectivity index (χ4v) is 3.34. The van der Waals surface area contributed by atoms with E-state index in [1.54, 1.807) is 24.3 Å². The lowest BCUT2D eigenvalue weighted by molar-refractivity contribution is -0.137. The molecule has 7 nitrogen and oxygen atoms in total. The van der Waals surface area contributed by atoms with Crippen LogP contribution in [-0.2, 0) is 16.1 Å². The van der Waals surface area contributed by atoms with E-state index in [4.69, 9.17) is 5.73 Å². The van der Waals surface area contributed by atoms with Crippen molar-refractivity contribution in [3.05, 3.63) is 71.8 Å². The van der Waals surface area contributed by atoms with Gasteiger partial charge in [0.25, 0.3) is 5.91 Å². The fraction of sp³-hybridized carbons (Fsp3) is 0.286. The second-order valence-corrected chi connectivity index (χ2v) is 6.74. The molecule has 7 heteroatoms. The molecule has 4 N–H and O–H groups in total. The summed E-state index contributed by atoms with van der Waals surface area (Å²) in [5, 5.41) is 5.78. The summed E-state index contributed by atoms with van der Waals surface area (Å²) in [5.41, 5.74) is 7.02. The van der Waals surface area contributed by atoms with Crippen LogP contribution in [0.2, 0.25) is 0 Å². The third-order valence-electron chi connectivity index (χ3n) is 4.78. The summed E-state index contributed by atoms with van der Waals surface area (Å²) in [4.78, 5) is 38.8. The Kier molecular flexibility index (Phi) is 6.39. The molecule has 2 aromatic carbocycles. The van der Waals surface area contributed by atoms with Crippen LogP contribution in [-0.4, -0.2) is 47.8 Å². The number of likely N-dealkylation sites (tertiary alicyclic amines) is 1. The van der Waals surface area contributed by atoms with Crippen molar-refractivity contribution in [3.63, 3.8) is 0 Å². The number of benzene rings is 2. The quantitative estimate of drug-likeness (QED) is 0.685. The highest BCUT2D eigenvalue weighted by Gasteiger charge is 2.39. The van der Waals surface area contributed by atoms with Crippen LogP contribution >= 0.6 is 0 Å². The Morgan fingerprint density at radius 2 is 1.64 bits per heavy atom. The van der Waals surface area contributed by atoms with Gasteiger partial charge < -0.3 is 21.3 Å². The topological polar surface area (TPSA) is 105 Å². The lowest BCUT2D eigenvalue weighted by atomic mass is 10.1. The molecule has 0 unspecified atom stereocenters. The molecule has 146 valence electrons. The molecule has 3 rings (SSSR count). The van der Waals surface area contributed by atoms with Crippen LogP contribution < -0.4 is 16.4 Å². The Morgan fingerprint density at radius 1 is 1.00 bits per heavy atom. The van der Waals surface area contributed by atoms with E-state index in [0.717, 1.165) is 5.56 Å². The highest BCUT2D eigenvalue weighted by Crippen LogP contribution is 2.19. The zero-order chi connectivity index (χ0) is 19.9. The number of hydrogen-bond acceptors (Lipinski definition) is 4. The maximum Gasteiger partial charge on any atom is 0.251 e. The van der Waals surface area contributed by atoms with E-state index in [1.807, 2.05) is 36.4 Å². The summed E-state index contributed by atoms with van der Waals surface area (Å²) in [6, 6.07) is 17.4. The lowest BCUT2D eigenvalue weighted by Crippen LogP contribution is -2.47. The summed E-state index contributed by atoms with van der Waals surface area (Å²) in [5.74, 6) is -0.783. The third-order valence-corrected chi connectivity index (χ3v) is 4.78.